The number of carbonyl (C=O) groups excluding carboxylic acids is 2. The summed E-state index contributed by atoms with van der Waals surface area (Å²) in [6.45, 7) is 3.37. The van der Waals surface area contributed by atoms with Crippen molar-refractivity contribution < 1.29 is 33.6 Å². The number of ketones is 1. The average Bonchev–Trinajstić information content (AvgIpc) is 3.67. The Balaban J connectivity index is 1.39. The molecule has 1 unspecified atom stereocenters. The molecule has 14 heteroatoms. The highest BCUT2D eigenvalue weighted by Crippen LogP contribution is 2.46. The van der Waals surface area contributed by atoms with Crippen LogP contribution < -0.4 is 23.8 Å². The molecule has 1 amide bonds. The van der Waals surface area contributed by atoms with Crippen LogP contribution >= 0.6 is 46.3 Å². The van der Waals surface area contributed by atoms with Crippen molar-refractivity contribution in [1.82, 2.24) is 10.2 Å². The first kappa shape index (κ1) is 33.9. The van der Waals surface area contributed by atoms with Crippen molar-refractivity contribution in [2.24, 2.45) is 0 Å². The zero-order valence-corrected chi connectivity index (χ0v) is 29.2. The fourth-order valence-corrected chi connectivity index (χ4v) is 7.76. The Morgan fingerprint density at radius 1 is 1.02 bits per heavy atom. The molecule has 0 bridgehead atoms. The number of amides is 1. The Morgan fingerprint density at radius 3 is 2.60 bits per heavy atom. The summed E-state index contributed by atoms with van der Waals surface area (Å²) in [4.78, 5) is 28.8. The first-order chi connectivity index (χ1) is 23.3. The average molecular weight is 729 g/mol. The van der Waals surface area contributed by atoms with E-state index in [0.29, 0.717) is 74.1 Å². The summed E-state index contributed by atoms with van der Waals surface area (Å²) >= 11 is 14.9. The summed E-state index contributed by atoms with van der Waals surface area (Å²) in [5, 5.41) is 21.5. The topological polar surface area (TPSA) is 120 Å². The van der Waals surface area contributed by atoms with Gasteiger partial charge in [0.05, 0.1) is 25.3 Å². The first-order valence-electron chi connectivity index (χ1n) is 15.2. The highest BCUT2D eigenvalue weighted by Gasteiger charge is 2.48. The second kappa shape index (κ2) is 15.1. The summed E-state index contributed by atoms with van der Waals surface area (Å²) in [6, 6.07) is 14.2. The number of aliphatic hydroxyl groups excluding tert-OH is 1. The van der Waals surface area contributed by atoms with Crippen molar-refractivity contribution in [3.63, 3.8) is 0 Å². The van der Waals surface area contributed by atoms with Gasteiger partial charge >= 0.3 is 5.91 Å². The Hall–Kier alpha value is -3.97. The number of aromatic nitrogens is 2. The molecule has 48 heavy (non-hydrogen) atoms. The van der Waals surface area contributed by atoms with Gasteiger partial charge in [-0.15, -0.1) is 10.2 Å². The molecule has 0 aliphatic carbocycles. The van der Waals surface area contributed by atoms with Crippen LogP contribution in [0.2, 0.25) is 10.0 Å². The summed E-state index contributed by atoms with van der Waals surface area (Å²) in [5.74, 6) is 0.275. The highest BCUT2D eigenvalue weighted by atomic mass is 35.5. The largest absolute Gasteiger partial charge is 0.507 e. The van der Waals surface area contributed by atoms with Crippen LogP contribution in [0.4, 0.5) is 5.13 Å². The summed E-state index contributed by atoms with van der Waals surface area (Å²) < 4.78 is 23.5. The van der Waals surface area contributed by atoms with Crippen molar-refractivity contribution in [2.75, 3.05) is 31.8 Å². The fraction of sp³-hybridized carbons (Fsp3) is 0.294. The van der Waals surface area contributed by atoms with Crippen LogP contribution in [-0.2, 0) is 15.3 Å². The zero-order valence-electron chi connectivity index (χ0n) is 26.0. The summed E-state index contributed by atoms with van der Waals surface area (Å²) in [7, 11) is 1.52. The minimum absolute atomic E-state index is 0.118. The monoisotopic (exact) mass is 727 g/mol. The molecule has 0 saturated carbocycles. The van der Waals surface area contributed by atoms with Gasteiger partial charge in [-0.3, -0.25) is 14.5 Å². The number of hydrogen-bond donors (Lipinski definition) is 1. The van der Waals surface area contributed by atoms with Crippen LogP contribution in [0.5, 0.6) is 23.0 Å². The number of Topliss-reactive ketones (excluding diaryl/α,β-unsaturated/α-hetero) is 1. The van der Waals surface area contributed by atoms with E-state index in [1.54, 1.807) is 48.5 Å². The van der Waals surface area contributed by atoms with Crippen LogP contribution in [0.25, 0.3) is 5.76 Å². The number of thioether (sulfide) groups is 1. The van der Waals surface area contributed by atoms with Gasteiger partial charge in [0, 0.05) is 21.4 Å². The number of anilines is 1. The minimum atomic E-state index is -1.06. The smallest absolute Gasteiger partial charge is 0.301 e. The second-order valence-corrected chi connectivity index (χ2v) is 13.9. The van der Waals surface area contributed by atoms with Crippen molar-refractivity contribution in [3.05, 3.63) is 86.9 Å². The molecule has 4 aromatic rings. The number of methoxy groups -OCH3 is 1. The maximum Gasteiger partial charge on any atom is 0.301 e. The van der Waals surface area contributed by atoms with Crippen LogP contribution in [-0.4, -0.2) is 53.9 Å². The fourth-order valence-electron chi connectivity index (χ4n) is 5.34. The first-order valence-corrected chi connectivity index (χ1v) is 17.8. The van der Waals surface area contributed by atoms with E-state index >= 15 is 0 Å². The van der Waals surface area contributed by atoms with Gasteiger partial charge in [0.15, 0.2) is 27.3 Å². The van der Waals surface area contributed by atoms with Gasteiger partial charge in [0.1, 0.15) is 19.0 Å². The molecule has 3 aromatic carbocycles. The molecule has 10 nitrogen and oxygen atoms in total. The second-order valence-electron chi connectivity index (χ2n) is 10.9. The normalized spacial score (nSPS) is 16.8. The number of fused-ring (bicyclic) bond motifs is 1. The molecule has 250 valence electrons. The van der Waals surface area contributed by atoms with Gasteiger partial charge in [-0.2, -0.15) is 0 Å². The number of aliphatic hydroxyl groups is 1. The molecule has 3 heterocycles. The Labute approximate surface area is 295 Å². The molecule has 2 aliphatic rings. The standard InChI is InChI=1S/C34H31Cl2N3O7S2/c1-3-4-5-12-44-24-10-7-19(15-26(24)43-2)29-28(30(40)20-8-11-25-27(16-20)46-14-13-45-25)31(41)32(42)39(29)33-37-38-34(48-33)47-18-21-6-9-22(35)17-23(21)36/h6-11,15-17,29,40H,3-5,12-14,18H2,1-2H3/b30-28+. The van der Waals surface area contributed by atoms with Crippen LogP contribution in [0, 0.1) is 0 Å². The predicted molar refractivity (Wildman–Crippen MR) is 186 cm³/mol. The lowest BCUT2D eigenvalue weighted by Gasteiger charge is -2.24. The number of carbonyl (C=O) groups is 2. The number of halogens is 2. The van der Waals surface area contributed by atoms with E-state index in [9.17, 15) is 14.7 Å². The van der Waals surface area contributed by atoms with Gasteiger partial charge in [-0.05, 0) is 60.0 Å². The quantitative estimate of drug-likeness (QED) is 0.0383. The van der Waals surface area contributed by atoms with E-state index in [0.717, 1.165) is 36.2 Å². The van der Waals surface area contributed by atoms with Crippen LogP contribution in [0.3, 0.4) is 0 Å². The van der Waals surface area contributed by atoms with E-state index < -0.39 is 17.7 Å². The number of rotatable bonds is 12. The Morgan fingerprint density at radius 2 is 1.83 bits per heavy atom. The molecule has 1 N–H and O–H groups in total. The Bertz CT molecular complexity index is 1880. The molecule has 1 aromatic heterocycles. The number of benzene rings is 3. The SMILES string of the molecule is CCCCCOc1ccc(C2/C(=C(\O)c3ccc4c(c3)OCCO4)C(=O)C(=O)N2c2nnc(SCc3ccc(Cl)cc3Cl)s2)cc1OC. The molecule has 1 atom stereocenters. The maximum atomic E-state index is 13.8. The molecular formula is C34H31Cl2N3O7S2. The summed E-state index contributed by atoms with van der Waals surface area (Å²) in [5.41, 5.74) is 1.53. The molecule has 6 rings (SSSR count). The number of nitrogens with zero attached hydrogens (tertiary/aromatic N) is 3. The third kappa shape index (κ3) is 7.07. The summed E-state index contributed by atoms with van der Waals surface area (Å²) in [6.07, 6.45) is 2.98. The zero-order chi connectivity index (χ0) is 33.8. The number of unbranched alkanes of at least 4 members (excludes halogenated alkanes) is 2. The van der Waals surface area contributed by atoms with E-state index in [1.165, 1.54) is 23.8 Å². The van der Waals surface area contributed by atoms with Crippen molar-refractivity contribution in [1.29, 1.82) is 0 Å². The van der Waals surface area contributed by atoms with Crippen molar-refractivity contribution >= 4 is 68.9 Å². The molecule has 1 saturated heterocycles. The number of hydrogen-bond acceptors (Lipinski definition) is 11. The van der Waals surface area contributed by atoms with Crippen LogP contribution in [0.1, 0.15) is 48.9 Å². The van der Waals surface area contributed by atoms with Gasteiger partial charge in [0.2, 0.25) is 5.13 Å². The molecule has 2 aliphatic heterocycles. The van der Waals surface area contributed by atoms with Crippen molar-refractivity contribution in [2.45, 2.75) is 42.3 Å². The minimum Gasteiger partial charge on any atom is -0.507 e. The lowest BCUT2D eigenvalue weighted by molar-refractivity contribution is -0.132. The molecule has 0 spiro atoms. The lowest BCUT2D eigenvalue weighted by Crippen LogP contribution is -2.29. The molecular weight excluding hydrogens is 697 g/mol. The van der Waals surface area contributed by atoms with Gasteiger partial charge < -0.3 is 24.1 Å². The third-order valence-electron chi connectivity index (χ3n) is 7.74. The number of ether oxygens (including phenoxy) is 4. The van der Waals surface area contributed by atoms with Crippen LogP contribution in [0.15, 0.2) is 64.5 Å². The molecule has 1 fully saturated rings. The highest BCUT2D eigenvalue weighted by molar-refractivity contribution is 8.00. The molecule has 0 radical (unpaired) electrons. The third-order valence-corrected chi connectivity index (χ3v) is 10.4. The van der Waals surface area contributed by atoms with Gasteiger partial charge in [-0.1, -0.05) is 78.2 Å². The van der Waals surface area contributed by atoms with Crippen molar-refractivity contribution in [3.8, 4) is 23.0 Å². The maximum absolute atomic E-state index is 13.8. The Kier molecular flexibility index (Phi) is 10.6. The van der Waals surface area contributed by atoms with Gasteiger partial charge in [-0.25, -0.2) is 0 Å². The van der Waals surface area contributed by atoms with E-state index in [-0.39, 0.29) is 16.5 Å². The van der Waals surface area contributed by atoms with E-state index in [1.807, 2.05) is 6.07 Å². The lowest BCUT2D eigenvalue weighted by atomic mass is 9.95. The predicted octanol–water partition coefficient (Wildman–Crippen LogP) is 8.11. The van der Waals surface area contributed by atoms with Gasteiger partial charge in [0.25, 0.3) is 5.78 Å². The van der Waals surface area contributed by atoms with E-state index in [2.05, 4.69) is 17.1 Å². The van der Waals surface area contributed by atoms with E-state index in [4.69, 9.17) is 42.1 Å².